The summed E-state index contributed by atoms with van der Waals surface area (Å²) in [6, 6.07) is 16.3. The van der Waals surface area contributed by atoms with Gasteiger partial charge >= 0.3 is 0 Å². The second kappa shape index (κ2) is 7.03. The summed E-state index contributed by atoms with van der Waals surface area (Å²) >= 11 is 1.63. The predicted molar refractivity (Wildman–Crippen MR) is 118 cm³/mol. The van der Waals surface area contributed by atoms with Gasteiger partial charge in [-0.2, -0.15) is 0 Å². The van der Waals surface area contributed by atoms with E-state index in [9.17, 15) is 0 Å². The lowest BCUT2D eigenvalue weighted by Gasteiger charge is -2.28. The molecular formula is C23H19N5OS. The first-order valence-corrected chi connectivity index (χ1v) is 10.3. The number of aromatic nitrogens is 3. The highest BCUT2D eigenvalue weighted by Crippen LogP contribution is 2.49. The highest BCUT2D eigenvalue weighted by atomic mass is 32.1. The second-order valence-corrected chi connectivity index (χ2v) is 8.26. The Bertz CT molecular complexity index is 1250. The summed E-state index contributed by atoms with van der Waals surface area (Å²) in [6.07, 6.45) is 5.14. The fourth-order valence-corrected chi connectivity index (χ4v) is 5.00. The summed E-state index contributed by atoms with van der Waals surface area (Å²) in [5.41, 5.74) is 10.4. The van der Waals surface area contributed by atoms with Crippen molar-refractivity contribution >= 4 is 17.2 Å². The highest BCUT2D eigenvalue weighted by Gasteiger charge is 2.45. The average Bonchev–Trinajstić information content (AvgIpc) is 3.31. The largest absolute Gasteiger partial charge is 0.497 e. The Kier molecular flexibility index (Phi) is 4.33. The third-order valence-corrected chi connectivity index (χ3v) is 6.36. The van der Waals surface area contributed by atoms with Gasteiger partial charge in [0.25, 0.3) is 0 Å². The Morgan fingerprint density at radius 3 is 2.47 bits per heavy atom. The molecule has 0 bridgehead atoms. The van der Waals surface area contributed by atoms with E-state index >= 15 is 0 Å². The molecule has 4 aromatic rings. The van der Waals surface area contributed by atoms with Gasteiger partial charge in [-0.1, -0.05) is 30.3 Å². The molecule has 3 heterocycles. The maximum atomic E-state index is 6.36. The molecule has 1 atom stereocenters. The van der Waals surface area contributed by atoms with E-state index in [-0.39, 0.29) is 0 Å². The summed E-state index contributed by atoms with van der Waals surface area (Å²) in [5, 5.41) is 0.961. The molecule has 0 amide bonds. The summed E-state index contributed by atoms with van der Waals surface area (Å²) in [5.74, 6) is 1.25. The third kappa shape index (κ3) is 2.78. The Morgan fingerprint density at radius 1 is 0.967 bits per heavy atom. The Balaban J connectivity index is 1.77. The fraction of sp³-hybridized carbons (Fsp3) is 0.130. The van der Waals surface area contributed by atoms with Crippen molar-refractivity contribution < 1.29 is 4.74 Å². The molecule has 7 heteroatoms. The lowest BCUT2D eigenvalue weighted by molar-refractivity contribution is 0.414. The van der Waals surface area contributed by atoms with Crippen molar-refractivity contribution in [2.24, 2.45) is 10.7 Å². The monoisotopic (exact) mass is 413 g/mol. The number of thiazole rings is 1. The van der Waals surface area contributed by atoms with Gasteiger partial charge in [0.05, 0.1) is 17.0 Å². The molecule has 148 valence electrons. The molecule has 30 heavy (non-hydrogen) atoms. The number of amidine groups is 1. The lowest BCUT2D eigenvalue weighted by Crippen LogP contribution is -2.24. The van der Waals surface area contributed by atoms with Gasteiger partial charge < -0.3 is 10.5 Å². The Hall–Kier alpha value is -3.58. The van der Waals surface area contributed by atoms with Gasteiger partial charge in [-0.25, -0.2) is 19.9 Å². The maximum absolute atomic E-state index is 6.36. The van der Waals surface area contributed by atoms with Crippen molar-refractivity contribution in [1.82, 2.24) is 15.0 Å². The van der Waals surface area contributed by atoms with E-state index in [0.717, 1.165) is 43.6 Å². The molecule has 6 nitrogen and oxygen atoms in total. The van der Waals surface area contributed by atoms with Gasteiger partial charge in [0.2, 0.25) is 0 Å². The van der Waals surface area contributed by atoms with E-state index in [0.29, 0.717) is 5.84 Å². The molecular weight excluding hydrogens is 394 g/mol. The van der Waals surface area contributed by atoms with Crippen LogP contribution < -0.4 is 10.5 Å². The zero-order chi connectivity index (χ0) is 20.7. The number of rotatable bonds is 4. The minimum absolute atomic E-state index is 0.457. The van der Waals surface area contributed by atoms with Crippen LogP contribution in [0.1, 0.15) is 26.7 Å². The molecule has 0 radical (unpaired) electrons. The fourth-order valence-electron chi connectivity index (χ4n) is 3.89. The molecule has 0 fully saturated rings. The van der Waals surface area contributed by atoms with Crippen molar-refractivity contribution in [1.29, 1.82) is 0 Å². The molecule has 0 unspecified atom stereocenters. The van der Waals surface area contributed by atoms with Crippen LogP contribution in [0.15, 0.2) is 72.2 Å². The van der Waals surface area contributed by atoms with Crippen LogP contribution in [-0.4, -0.2) is 27.9 Å². The van der Waals surface area contributed by atoms with Gasteiger partial charge in [-0.15, -0.1) is 11.3 Å². The van der Waals surface area contributed by atoms with Crippen molar-refractivity contribution in [3.63, 3.8) is 0 Å². The molecule has 0 saturated heterocycles. The number of benzene rings is 2. The first kappa shape index (κ1) is 18.4. The topological polar surface area (TPSA) is 86.3 Å². The summed E-state index contributed by atoms with van der Waals surface area (Å²) < 4.78 is 5.36. The summed E-state index contributed by atoms with van der Waals surface area (Å²) in [6.45, 7) is 1.99. The molecule has 2 aromatic carbocycles. The first-order valence-electron chi connectivity index (χ1n) is 9.46. The third-order valence-electron chi connectivity index (χ3n) is 5.28. The smallest absolute Gasteiger partial charge is 0.149 e. The van der Waals surface area contributed by atoms with Crippen LogP contribution in [0.3, 0.4) is 0 Å². The number of hydrogen-bond acceptors (Lipinski definition) is 7. The number of aryl methyl sites for hydroxylation is 1. The van der Waals surface area contributed by atoms with Crippen LogP contribution in [0.2, 0.25) is 0 Å². The minimum Gasteiger partial charge on any atom is -0.497 e. The van der Waals surface area contributed by atoms with Gasteiger partial charge in [0.15, 0.2) is 0 Å². The maximum Gasteiger partial charge on any atom is 0.149 e. The van der Waals surface area contributed by atoms with Gasteiger partial charge in [0, 0.05) is 18.0 Å². The van der Waals surface area contributed by atoms with Crippen LogP contribution >= 0.6 is 11.3 Å². The van der Waals surface area contributed by atoms with Crippen LogP contribution in [0, 0.1) is 6.92 Å². The Morgan fingerprint density at radius 2 is 1.73 bits per heavy atom. The van der Waals surface area contributed by atoms with Crippen LogP contribution in [-0.2, 0) is 5.54 Å². The van der Waals surface area contributed by atoms with Gasteiger partial charge in [-0.05, 0) is 41.8 Å². The molecule has 0 aliphatic carbocycles. The minimum atomic E-state index is -0.761. The number of fused-ring (bicyclic) bond motifs is 1. The summed E-state index contributed by atoms with van der Waals surface area (Å²) in [7, 11) is 1.66. The van der Waals surface area contributed by atoms with E-state index in [1.807, 2.05) is 43.3 Å². The number of hydrogen-bond donors (Lipinski definition) is 1. The van der Waals surface area contributed by atoms with Crippen LogP contribution in [0.4, 0.5) is 0 Å². The van der Waals surface area contributed by atoms with Gasteiger partial charge in [0.1, 0.15) is 29.1 Å². The van der Waals surface area contributed by atoms with Crippen molar-refractivity contribution in [3.8, 4) is 16.9 Å². The second-order valence-electron chi connectivity index (χ2n) is 7.05. The number of aliphatic imine (C=N–C) groups is 1. The lowest BCUT2D eigenvalue weighted by atomic mass is 9.81. The Labute approximate surface area is 178 Å². The molecule has 2 N–H and O–H groups in total. The van der Waals surface area contributed by atoms with Gasteiger partial charge in [-0.3, -0.25) is 0 Å². The van der Waals surface area contributed by atoms with Crippen molar-refractivity contribution in [3.05, 3.63) is 94.0 Å². The van der Waals surface area contributed by atoms with Crippen molar-refractivity contribution in [2.45, 2.75) is 12.5 Å². The first-order chi connectivity index (χ1) is 14.6. The summed E-state index contributed by atoms with van der Waals surface area (Å²) in [4.78, 5) is 19.0. The zero-order valence-electron chi connectivity index (χ0n) is 16.5. The molecule has 0 spiro atoms. The molecule has 5 rings (SSSR count). The van der Waals surface area contributed by atoms with Crippen LogP contribution in [0.5, 0.6) is 5.75 Å². The normalized spacial score (nSPS) is 17.5. The molecule has 1 aliphatic heterocycles. The van der Waals surface area contributed by atoms with E-state index in [1.54, 1.807) is 30.8 Å². The van der Waals surface area contributed by atoms with Crippen LogP contribution in [0.25, 0.3) is 11.1 Å². The van der Waals surface area contributed by atoms with E-state index in [2.05, 4.69) is 27.1 Å². The van der Waals surface area contributed by atoms with E-state index in [4.69, 9.17) is 15.5 Å². The SMILES string of the molecule is COc1ccc([C@]2(c3cccc(-c4cncnc4)c3)N=C(N)c3nc(C)sc32)cc1. The zero-order valence-corrected chi connectivity index (χ0v) is 17.4. The highest BCUT2D eigenvalue weighted by molar-refractivity contribution is 7.12. The average molecular weight is 414 g/mol. The number of methoxy groups -OCH3 is 1. The number of ether oxygens (including phenoxy) is 1. The molecule has 1 aliphatic rings. The quantitative estimate of drug-likeness (QED) is 0.548. The molecule has 2 aromatic heterocycles. The van der Waals surface area contributed by atoms with Crippen molar-refractivity contribution in [2.75, 3.05) is 7.11 Å². The van der Waals surface area contributed by atoms with E-state index < -0.39 is 5.54 Å². The predicted octanol–water partition coefficient (Wildman–Crippen LogP) is 3.93. The molecule has 0 saturated carbocycles. The van der Waals surface area contributed by atoms with E-state index in [1.165, 1.54) is 6.33 Å². The standard InChI is InChI=1S/C23H19N5OS/c1-14-27-20-21(30-14)23(28-22(20)24,17-6-8-19(29-2)9-7-17)18-5-3-4-15(10-18)16-11-25-13-26-12-16/h3-13H,1-2H3,(H2,24,28)/t23-/m1/s1. The number of nitrogens with two attached hydrogens (primary N) is 1. The number of nitrogens with zero attached hydrogens (tertiary/aromatic N) is 4.